The van der Waals surface area contributed by atoms with Crippen LogP contribution in [0, 0.1) is 0 Å². The van der Waals surface area contributed by atoms with Crippen LogP contribution in [0.5, 0.6) is 0 Å². The number of aromatic carboxylic acids is 1. The molecule has 0 saturated carbocycles. The fourth-order valence-electron chi connectivity index (χ4n) is 1.22. The van der Waals surface area contributed by atoms with E-state index in [2.05, 4.69) is 15.1 Å². The number of carbonyl (C=O) groups is 3. The van der Waals surface area contributed by atoms with Crippen LogP contribution < -0.4 is 5.43 Å². The number of rotatable bonds is 5. The van der Waals surface area contributed by atoms with Gasteiger partial charge in [-0.15, -0.1) is 4.41 Å². The first-order valence-corrected chi connectivity index (χ1v) is 7.02. The molecule has 0 bridgehead atoms. The van der Waals surface area contributed by atoms with Crippen molar-refractivity contribution >= 4 is 30.1 Å². The fraction of sp³-hybridized carbons (Fsp3) is 0.333. The zero-order chi connectivity index (χ0) is 16.5. The van der Waals surface area contributed by atoms with Crippen molar-refractivity contribution in [3.05, 3.63) is 23.9 Å². The van der Waals surface area contributed by atoms with Crippen LogP contribution in [0.3, 0.4) is 0 Å². The van der Waals surface area contributed by atoms with Crippen molar-refractivity contribution in [1.82, 2.24) is 14.8 Å². The molecule has 0 aliphatic carbocycles. The second-order valence-corrected chi connectivity index (χ2v) is 4.57. The van der Waals surface area contributed by atoms with Crippen LogP contribution in [0.25, 0.3) is 0 Å². The average molecular weight is 329 g/mol. The number of ether oxygens (including phenoxy) is 2. The quantitative estimate of drug-likeness (QED) is 0.621. The molecule has 0 fully saturated rings. The molecule has 1 heterocycles. The van der Waals surface area contributed by atoms with E-state index in [4.69, 9.17) is 9.84 Å². The average Bonchev–Trinajstić information content (AvgIpc) is 2.47. The summed E-state index contributed by atoms with van der Waals surface area (Å²) in [5.74, 6) is -1.13. The van der Waals surface area contributed by atoms with E-state index in [1.54, 1.807) is 13.8 Å². The van der Waals surface area contributed by atoms with Gasteiger partial charge in [-0.25, -0.2) is 24.8 Å². The highest BCUT2D eigenvalue weighted by Crippen LogP contribution is 2.20. The normalized spacial score (nSPS) is 9.73. The van der Waals surface area contributed by atoms with Crippen LogP contribution >= 0.6 is 11.9 Å². The van der Waals surface area contributed by atoms with Gasteiger partial charge in [0.1, 0.15) is 5.03 Å². The maximum absolute atomic E-state index is 11.8. The minimum absolute atomic E-state index is 0.00237. The Balaban J connectivity index is 2.87. The molecule has 10 heteroatoms. The van der Waals surface area contributed by atoms with Crippen molar-refractivity contribution in [1.29, 1.82) is 0 Å². The molecule has 120 valence electrons. The summed E-state index contributed by atoms with van der Waals surface area (Å²) in [6.45, 7) is 3.44. The SMILES string of the molecule is CCOC(=O)NN(Sc1cc(C(=O)O)ccn1)C(=O)OCC. The van der Waals surface area contributed by atoms with Crippen LogP contribution in [-0.2, 0) is 9.47 Å². The van der Waals surface area contributed by atoms with Gasteiger partial charge in [-0.1, -0.05) is 0 Å². The molecule has 2 N–H and O–H groups in total. The molecule has 1 aromatic heterocycles. The number of nitrogens with zero attached hydrogens (tertiary/aromatic N) is 2. The third-order valence-electron chi connectivity index (χ3n) is 2.07. The second-order valence-electron chi connectivity index (χ2n) is 3.60. The molecule has 2 amide bonds. The van der Waals surface area contributed by atoms with Gasteiger partial charge in [0, 0.05) is 18.1 Å². The van der Waals surface area contributed by atoms with Crippen molar-refractivity contribution in [2.75, 3.05) is 13.2 Å². The maximum Gasteiger partial charge on any atom is 0.439 e. The van der Waals surface area contributed by atoms with Gasteiger partial charge >= 0.3 is 18.2 Å². The van der Waals surface area contributed by atoms with Crippen molar-refractivity contribution in [3.8, 4) is 0 Å². The van der Waals surface area contributed by atoms with Gasteiger partial charge in [0.05, 0.1) is 18.8 Å². The third-order valence-corrected chi connectivity index (χ3v) is 2.90. The Kier molecular flexibility index (Phi) is 6.96. The Hall–Kier alpha value is -2.49. The zero-order valence-corrected chi connectivity index (χ0v) is 12.8. The molecule has 0 aliphatic heterocycles. The molecule has 0 unspecified atom stereocenters. The molecular formula is C12H15N3O6S. The molecule has 0 atom stereocenters. The highest BCUT2D eigenvalue weighted by atomic mass is 32.2. The number of amides is 2. The highest BCUT2D eigenvalue weighted by molar-refractivity contribution is 7.97. The van der Waals surface area contributed by atoms with Crippen LogP contribution in [0.15, 0.2) is 23.4 Å². The summed E-state index contributed by atoms with van der Waals surface area (Å²) in [4.78, 5) is 38.0. The van der Waals surface area contributed by atoms with E-state index in [1.165, 1.54) is 18.3 Å². The molecule has 22 heavy (non-hydrogen) atoms. The van der Waals surface area contributed by atoms with Crippen molar-refractivity contribution < 1.29 is 29.0 Å². The largest absolute Gasteiger partial charge is 0.478 e. The number of hydrazine groups is 1. The number of nitrogens with one attached hydrogen (secondary N) is 1. The van der Waals surface area contributed by atoms with Crippen molar-refractivity contribution in [3.63, 3.8) is 0 Å². The van der Waals surface area contributed by atoms with Crippen LogP contribution in [0.1, 0.15) is 24.2 Å². The highest BCUT2D eigenvalue weighted by Gasteiger charge is 2.21. The summed E-state index contributed by atoms with van der Waals surface area (Å²) in [5, 5.41) is 9.11. The van der Waals surface area contributed by atoms with E-state index >= 15 is 0 Å². The summed E-state index contributed by atoms with van der Waals surface area (Å²) >= 11 is 0.695. The molecule has 1 aromatic rings. The van der Waals surface area contributed by atoms with Gasteiger partial charge in [0.15, 0.2) is 0 Å². The van der Waals surface area contributed by atoms with Gasteiger partial charge in [0.25, 0.3) is 0 Å². The van der Waals surface area contributed by atoms with Gasteiger partial charge in [-0.05, 0) is 26.0 Å². The number of hydrogen-bond acceptors (Lipinski definition) is 7. The predicted octanol–water partition coefficient (Wildman–Crippen LogP) is 1.91. The Morgan fingerprint density at radius 1 is 1.32 bits per heavy atom. The van der Waals surface area contributed by atoms with Gasteiger partial charge < -0.3 is 14.6 Å². The van der Waals surface area contributed by atoms with E-state index in [1.807, 2.05) is 0 Å². The first kappa shape index (κ1) is 17.6. The molecule has 1 rings (SSSR count). The maximum atomic E-state index is 11.8. The molecule has 0 radical (unpaired) electrons. The minimum Gasteiger partial charge on any atom is -0.478 e. The lowest BCUT2D eigenvalue weighted by molar-refractivity contribution is 0.0696. The summed E-state index contributed by atoms with van der Waals surface area (Å²) in [6, 6.07) is 2.56. The first-order chi connectivity index (χ1) is 10.5. The summed E-state index contributed by atoms with van der Waals surface area (Å²) in [6.07, 6.45) is -0.417. The first-order valence-electron chi connectivity index (χ1n) is 6.25. The fourth-order valence-corrected chi connectivity index (χ4v) is 1.94. The molecule has 0 spiro atoms. The summed E-state index contributed by atoms with van der Waals surface area (Å²) in [7, 11) is 0. The lowest BCUT2D eigenvalue weighted by Crippen LogP contribution is -2.42. The van der Waals surface area contributed by atoms with E-state index in [-0.39, 0.29) is 23.8 Å². The predicted molar refractivity (Wildman–Crippen MR) is 76.1 cm³/mol. The number of pyridine rings is 1. The monoisotopic (exact) mass is 329 g/mol. The summed E-state index contributed by atoms with van der Waals surface area (Å²) in [5.41, 5.74) is 2.17. The van der Waals surface area contributed by atoms with E-state index in [0.717, 1.165) is 4.41 Å². The van der Waals surface area contributed by atoms with E-state index in [9.17, 15) is 14.4 Å². The Morgan fingerprint density at radius 2 is 2.00 bits per heavy atom. The van der Waals surface area contributed by atoms with E-state index in [0.29, 0.717) is 11.9 Å². The van der Waals surface area contributed by atoms with Crippen LogP contribution in [-0.4, -0.2) is 45.9 Å². The van der Waals surface area contributed by atoms with Gasteiger partial charge in [-0.2, -0.15) is 0 Å². The van der Waals surface area contributed by atoms with Gasteiger partial charge in [0.2, 0.25) is 0 Å². The smallest absolute Gasteiger partial charge is 0.439 e. The van der Waals surface area contributed by atoms with Gasteiger partial charge in [-0.3, -0.25) is 0 Å². The molecule has 0 saturated heterocycles. The Labute approximate surface area is 130 Å². The number of hydrogen-bond donors (Lipinski definition) is 2. The molecular weight excluding hydrogens is 314 g/mol. The van der Waals surface area contributed by atoms with Crippen LogP contribution in [0.4, 0.5) is 9.59 Å². The topological polar surface area (TPSA) is 118 Å². The van der Waals surface area contributed by atoms with Crippen LogP contribution in [0.2, 0.25) is 0 Å². The molecule has 0 aromatic carbocycles. The molecule has 0 aliphatic rings. The van der Waals surface area contributed by atoms with Crippen molar-refractivity contribution in [2.24, 2.45) is 0 Å². The number of carboxylic acids is 1. The minimum atomic E-state index is -1.13. The second kappa shape index (κ2) is 8.72. The molecule has 9 nitrogen and oxygen atoms in total. The number of carboxylic acid groups (broad SMARTS) is 1. The Morgan fingerprint density at radius 3 is 2.59 bits per heavy atom. The van der Waals surface area contributed by atoms with Crippen molar-refractivity contribution in [2.45, 2.75) is 18.9 Å². The number of carbonyl (C=O) groups excluding carboxylic acids is 2. The third kappa shape index (κ3) is 5.48. The van der Waals surface area contributed by atoms with E-state index < -0.39 is 18.2 Å². The Bertz CT molecular complexity index is 553. The standard InChI is InChI=1S/C12H15N3O6S/c1-3-20-11(18)14-15(12(19)21-4-2)22-9-7-8(10(16)17)5-6-13-9/h5-7H,3-4H2,1-2H3,(H,14,18)(H,16,17). The lowest BCUT2D eigenvalue weighted by Gasteiger charge is -2.19. The lowest BCUT2D eigenvalue weighted by atomic mass is 10.3. The summed E-state index contributed by atoms with van der Waals surface area (Å²) < 4.78 is 10.2. The number of aromatic nitrogens is 1. The zero-order valence-electron chi connectivity index (χ0n) is 11.9.